The van der Waals surface area contributed by atoms with Gasteiger partial charge in [-0.1, -0.05) is 19.1 Å². The van der Waals surface area contributed by atoms with Crippen LogP contribution in [-0.2, 0) is 30.6 Å². The third-order valence-electron chi connectivity index (χ3n) is 5.53. The number of hydrogen-bond donors (Lipinski definition) is 0. The molecule has 1 heterocycles. The van der Waals surface area contributed by atoms with Crippen LogP contribution in [0.15, 0.2) is 56.7 Å². The smallest absolute Gasteiger partial charge is 0.307 e. The van der Waals surface area contributed by atoms with Crippen LogP contribution in [0.2, 0.25) is 0 Å². The maximum Gasteiger partial charge on any atom is 0.307 e. The molecule has 2 aromatic carbocycles. The summed E-state index contributed by atoms with van der Waals surface area (Å²) in [6.07, 6.45) is 1.43. The van der Waals surface area contributed by atoms with Gasteiger partial charge in [-0.3, -0.25) is 19.7 Å². The quantitative estimate of drug-likeness (QED) is 0.288. The van der Waals surface area contributed by atoms with Gasteiger partial charge in [0.1, 0.15) is 11.7 Å². The Balaban J connectivity index is 1.93. The lowest BCUT2D eigenvalue weighted by atomic mass is 10.1. The summed E-state index contributed by atoms with van der Waals surface area (Å²) in [5.74, 6) is -1.31. The topological polar surface area (TPSA) is 132 Å². The molecule has 3 rings (SSSR count). The molecule has 0 saturated heterocycles. The normalized spacial score (nSPS) is 17.4. The lowest BCUT2D eigenvalue weighted by molar-refractivity contribution is -0.385. The maximum atomic E-state index is 13.4. The molecule has 1 aliphatic rings. The van der Waals surface area contributed by atoms with Gasteiger partial charge >= 0.3 is 5.97 Å². The average Bonchev–Trinajstić information content (AvgIpc) is 2.81. The monoisotopic (exact) mass is 504 g/mol. The molecule has 1 unspecified atom stereocenters. The van der Waals surface area contributed by atoms with Crippen LogP contribution in [0.5, 0.6) is 0 Å². The summed E-state index contributed by atoms with van der Waals surface area (Å²) in [5.41, 5.74) is 0.664. The van der Waals surface area contributed by atoms with E-state index in [9.17, 15) is 28.3 Å². The SMILES string of the molecule is CC[C@@H](CC(=O)OC)N(Cc1ccc(F)cc1)C(=O)CC1=Nc2ccc([N+](=O)[O-])cc2S(C)(=O)=N1. The Morgan fingerprint density at radius 2 is 1.91 bits per heavy atom. The molecule has 1 aliphatic heterocycles. The van der Waals surface area contributed by atoms with Crippen LogP contribution in [0.3, 0.4) is 0 Å². The first-order valence-corrected chi connectivity index (χ1v) is 12.6. The first kappa shape index (κ1) is 25.9. The summed E-state index contributed by atoms with van der Waals surface area (Å²) in [5, 5.41) is 11.1. The van der Waals surface area contributed by atoms with Crippen LogP contribution in [0, 0.1) is 15.9 Å². The van der Waals surface area contributed by atoms with Crippen molar-refractivity contribution in [2.24, 2.45) is 9.36 Å². The minimum Gasteiger partial charge on any atom is -0.469 e. The molecular formula is C23H25FN4O6S. The number of esters is 1. The molecule has 2 aromatic rings. The number of nitro benzene ring substituents is 1. The summed E-state index contributed by atoms with van der Waals surface area (Å²) in [7, 11) is -1.82. The highest BCUT2D eigenvalue weighted by molar-refractivity contribution is 7.93. The zero-order valence-electron chi connectivity index (χ0n) is 19.5. The second kappa shape index (κ2) is 10.7. The van der Waals surface area contributed by atoms with E-state index in [1.807, 2.05) is 6.92 Å². The Hall–Kier alpha value is -3.67. The van der Waals surface area contributed by atoms with Crippen molar-refractivity contribution in [3.05, 3.63) is 64.0 Å². The molecule has 0 N–H and O–H groups in total. The lowest BCUT2D eigenvalue weighted by Crippen LogP contribution is -2.41. The zero-order chi connectivity index (χ0) is 25.8. The summed E-state index contributed by atoms with van der Waals surface area (Å²) in [6, 6.07) is 8.93. The highest BCUT2D eigenvalue weighted by Gasteiger charge is 2.28. The van der Waals surface area contributed by atoms with Gasteiger partial charge in [0.25, 0.3) is 5.69 Å². The summed E-state index contributed by atoms with van der Waals surface area (Å²) >= 11 is 0. The number of ether oxygens (including phenoxy) is 1. The van der Waals surface area contributed by atoms with Crippen molar-refractivity contribution in [1.29, 1.82) is 0 Å². The lowest BCUT2D eigenvalue weighted by Gasteiger charge is -2.31. The Labute approximate surface area is 202 Å². The number of halogens is 1. The Bertz CT molecular complexity index is 1300. The average molecular weight is 505 g/mol. The molecule has 0 saturated carbocycles. The van der Waals surface area contributed by atoms with Gasteiger partial charge in [-0.05, 0) is 30.2 Å². The summed E-state index contributed by atoms with van der Waals surface area (Å²) in [6.45, 7) is 1.93. The predicted molar refractivity (Wildman–Crippen MR) is 127 cm³/mol. The molecule has 0 fully saturated rings. The van der Waals surface area contributed by atoms with Crippen LogP contribution in [0.1, 0.15) is 31.7 Å². The minimum absolute atomic E-state index is 0.0147. The second-order valence-corrected chi connectivity index (χ2v) is 10.2. The van der Waals surface area contributed by atoms with E-state index in [0.29, 0.717) is 12.0 Å². The number of non-ortho nitro benzene ring substituents is 1. The number of methoxy groups -OCH3 is 1. The molecule has 1 amide bonds. The molecule has 12 heteroatoms. The third kappa shape index (κ3) is 6.27. The number of carbonyl (C=O) groups excluding carboxylic acids is 2. The molecule has 0 bridgehead atoms. The number of rotatable bonds is 9. The molecule has 0 spiro atoms. The van der Waals surface area contributed by atoms with Crippen LogP contribution in [-0.4, -0.2) is 51.2 Å². The van der Waals surface area contributed by atoms with Crippen molar-refractivity contribution >= 4 is 38.8 Å². The van der Waals surface area contributed by atoms with E-state index in [1.54, 1.807) is 12.1 Å². The van der Waals surface area contributed by atoms with Crippen LogP contribution < -0.4 is 0 Å². The minimum atomic E-state index is -3.08. The highest BCUT2D eigenvalue weighted by Crippen LogP contribution is 2.33. The molecule has 186 valence electrons. The van der Waals surface area contributed by atoms with Gasteiger partial charge in [0.15, 0.2) is 0 Å². The number of aliphatic imine (C=N–C) groups is 1. The van der Waals surface area contributed by atoms with Gasteiger partial charge in [0, 0.05) is 31.0 Å². The van der Waals surface area contributed by atoms with Crippen molar-refractivity contribution in [2.45, 2.75) is 43.7 Å². The molecule has 35 heavy (non-hydrogen) atoms. The summed E-state index contributed by atoms with van der Waals surface area (Å²) < 4.78 is 35.4. The third-order valence-corrected chi connectivity index (χ3v) is 7.23. The fraction of sp³-hybridized carbons (Fsp3) is 0.348. The number of nitrogens with zero attached hydrogens (tertiary/aromatic N) is 4. The zero-order valence-corrected chi connectivity index (χ0v) is 20.3. The molecule has 0 radical (unpaired) electrons. The van der Waals surface area contributed by atoms with E-state index in [-0.39, 0.29) is 41.5 Å². The van der Waals surface area contributed by atoms with Crippen LogP contribution >= 0.6 is 0 Å². The molecular weight excluding hydrogens is 479 g/mol. The van der Waals surface area contributed by atoms with Crippen LogP contribution in [0.4, 0.5) is 15.8 Å². The fourth-order valence-electron chi connectivity index (χ4n) is 3.69. The van der Waals surface area contributed by atoms with Gasteiger partial charge in [0.05, 0.1) is 45.2 Å². The van der Waals surface area contributed by atoms with E-state index in [0.717, 1.165) is 0 Å². The Morgan fingerprint density at radius 1 is 1.23 bits per heavy atom. The standard InChI is InChI=1S/C23H25FN4O6S/c1-4-17(12-23(30)34-2)27(14-15-5-7-16(24)8-6-15)22(29)13-21-25-19-10-9-18(28(31)32)11-20(19)35(3,33)26-21/h5-11,17H,4,12-14H2,1-3H3/t17-,35?/m0/s1. The van der Waals surface area contributed by atoms with E-state index in [1.165, 1.54) is 48.6 Å². The largest absolute Gasteiger partial charge is 0.469 e. The highest BCUT2D eigenvalue weighted by atomic mass is 32.2. The molecule has 0 aliphatic carbocycles. The van der Waals surface area contributed by atoms with E-state index in [4.69, 9.17) is 4.74 Å². The number of hydrogen-bond acceptors (Lipinski definition) is 8. The van der Waals surface area contributed by atoms with E-state index in [2.05, 4.69) is 9.36 Å². The van der Waals surface area contributed by atoms with Crippen molar-refractivity contribution < 1.29 is 27.8 Å². The molecule has 10 nitrogen and oxygen atoms in total. The Kier molecular flexibility index (Phi) is 7.95. The van der Waals surface area contributed by atoms with Crippen molar-refractivity contribution in [3.63, 3.8) is 0 Å². The number of carbonyl (C=O) groups is 2. The number of benzene rings is 2. The predicted octanol–water partition coefficient (Wildman–Crippen LogP) is 3.99. The van der Waals surface area contributed by atoms with Crippen molar-refractivity contribution in [2.75, 3.05) is 13.4 Å². The van der Waals surface area contributed by atoms with Gasteiger partial charge in [-0.15, -0.1) is 0 Å². The van der Waals surface area contributed by atoms with Gasteiger partial charge in [0.2, 0.25) is 5.91 Å². The fourth-order valence-corrected chi connectivity index (χ4v) is 5.14. The summed E-state index contributed by atoms with van der Waals surface area (Å²) in [4.78, 5) is 41.7. The number of amides is 1. The molecule has 0 aromatic heterocycles. The molecule has 2 atom stereocenters. The van der Waals surface area contributed by atoms with Gasteiger partial charge < -0.3 is 9.64 Å². The van der Waals surface area contributed by atoms with Crippen molar-refractivity contribution in [1.82, 2.24) is 4.90 Å². The number of amidine groups is 1. The van der Waals surface area contributed by atoms with Gasteiger partial charge in [-0.25, -0.2) is 13.6 Å². The maximum absolute atomic E-state index is 13.4. The van der Waals surface area contributed by atoms with Gasteiger partial charge in [-0.2, -0.15) is 4.36 Å². The second-order valence-electron chi connectivity index (χ2n) is 8.00. The number of nitro groups is 1. The van der Waals surface area contributed by atoms with Crippen molar-refractivity contribution in [3.8, 4) is 0 Å². The van der Waals surface area contributed by atoms with Crippen LogP contribution in [0.25, 0.3) is 0 Å². The van der Waals surface area contributed by atoms with E-state index < -0.39 is 38.4 Å². The Morgan fingerprint density at radius 3 is 2.51 bits per heavy atom. The number of fused-ring (bicyclic) bond motifs is 1. The first-order chi connectivity index (χ1) is 16.5. The first-order valence-electron chi connectivity index (χ1n) is 10.7. The van der Waals surface area contributed by atoms with E-state index >= 15 is 0 Å².